The number of rotatable bonds is 6. The Morgan fingerprint density at radius 1 is 1.25 bits per heavy atom. The summed E-state index contributed by atoms with van der Waals surface area (Å²) < 4.78 is 16.0. The van der Waals surface area contributed by atoms with Crippen molar-refractivity contribution in [2.24, 2.45) is 0 Å². The first-order chi connectivity index (χ1) is 11.6. The maximum atomic E-state index is 12.7. The molecule has 0 saturated carbocycles. The Labute approximate surface area is 141 Å². The Morgan fingerprint density at radius 2 is 1.96 bits per heavy atom. The summed E-state index contributed by atoms with van der Waals surface area (Å²) >= 11 is 0. The average molecular weight is 330 g/mol. The number of amides is 1. The van der Waals surface area contributed by atoms with Crippen LogP contribution >= 0.6 is 0 Å². The van der Waals surface area contributed by atoms with E-state index in [4.69, 9.17) is 13.9 Å². The van der Waals surface area contributed by atoms with Crippen molar-refractivity contribution in [1.29, 1.82) is 0 Å². The molecular weight excluding hydrogens is 308 g/mol. The molecule has 1 amide bonds. The van der Waals surface area contributed by atoms with Gasteiger partial charge in [-0.15, -0.1) is 0 Å². The van der Waals surface area contributed by atoms with Crippen LogP contribution in [0.15, 0.2) is 34.9 Å². The summed E-state index contributed by atoms with van der Waals surface area (Å²) in [6.07, 6.45) is 2.41. The number of methoxy groups -OCH3 is 2. The molecule has 1 fully saturated rings. The summed E-state index contributed by atoms with van der Waals surface area (Å²) in [7, 11) is 3.20. The van der Waals surface area contributed by atoms with Crippen molar-refractivity contribution in [2.75, 3.05) is 25.7 Å². The number of ether oxygens (including phenoxy) is 2. The van der Waals surface area contributed by atoms with Crippen LogP contribution in [0.1, 0.15) is 17.7 Å². The monoisotopic (exact) mass is 330 g/mol. The summed E-state index contributed by atoms with van der Waals surface area (Å²) in [5.74, 6) is 2.25. The van der Waals surface area contributed by atoms with Gasteiger partial charge in [0.05, 0.1) is 38.8 Å². The summed E-state index contributed by atoms with van der Waals surface area (Å²) in [5.41, 5.74) is 1.87. The fourth-order valence-corrected chi connectivity index (χ4v) is 2.88. The van der Waals surface area contributed by atoms with Gasteiger partial charge < -0.3 is 18.8 Å². The fraction of sp³-hybridized carbons (Fsp3) is 0.389. The highest BCUT2D eigenvalue weighted by atomic mass is 16.5. The molecule has 2 aromatic rings. The Kier molecular flexibility index (Phi) is 4.76. The van der Waals surface area contributed by atoms with Crippen molar-refractivity contribution < 1.29 is 18.7 Å². The molecule has 1 N–H and O–H groups in total. The maximum Gasteiger partial charge on any atom is 0.244 e. The number of anilines is 1. The van der Waals surface area contributed by atoms with Gasteiger partial charge in [-0.1, -0.05) is 0 Å². The maximum absolute atomic E-state index is 12.7. The molecule has 0 radical (unpaired) electrons. The largest absolute Gasteiger partial charge is 0.497 e. The van der Waals surface area contributed by atoms with Gasteiger partial charge in [0, 0.05) is 24.7 Å². The summed E-state index contributed by atoms with van der Waals surface area (Å²) in [6.45, 7) is 3.19. The van der Waals surface area contributed by atoms with Gasteiger partial charge in [-0.3, -0.25) is 10.1 Å². The standard InChI is InChI=1S/C18H22N2O4/c1-12-5-7-24-17(12)11-19-16-4-6-20(18(16)21)13-8-14(22-2)10-15(9-13)23-3/h5,7-10,16,19H,4,6,11H2,1-3H3/t16-/m1/s1. The zero-order valence-electron chi connectivity index (χ0n) is 14.2. The van der Waals surface area contributed by atoms with Gasteiger partial charge in [-0.05, 0) is 25.0 Å². The first-order valence-corrected chi connectivity index (χ1v) is 7.93. The SMILES string of the molecule is COc1cc(OC)cc(N2CC[C@@H](NCc3occc3C)C2=O)c1. The second-order valence-electron chi connectivity index (χ2n) is 5.81. The highest BCUT2D eigenvalue weighted by Crippen LogP contribution is 2.31. The van der Waals surface area contributed by atoms with Crippen LogP contribution in [0.5, 0.6) is 11.5 Å². The molecule has 1 aliphatic heterocycles. The zero-order valence-corrected chi connectivity index (χ0v) is 14.2. The lowest BCUT2D eigenvalue weighted by atomic mass is 10.2. The third kappa shape index (κ3) is 3.23. The molecule has 128 valence electrons. The lowest BCUT2D eigenvalue weighted by Gasteiger charge is -2.19. The molecule has 0 spiro atoms. The minimum absolute atomic E-state index is 0.0505. The van der Waals surface area contributed by atoms with E-state index in [-0.39, 0.29) is 11.9 Å². The van der Waals surface area contributed by atoms with Crippen molar-refractivity contribution in [3.63, 3.8) is 0 Å². The van der Waals surface area contributed by atoms with Crippen LogP contribution in [-0.4, -0.2) is 32.7 Å². The Hall–Kier alpha value is -2.47. The number of carbonyl (C=O) groups is 1. The number of nitrogens with zero attached hydrogens (tertiary/aromatic N) is 1. The number of furan rings is 1. The predicted octanol–water partition coefficient (Wildman–Crippen LogP) is 2.50. The van der Waals surface area contributed by atoms with Gasteiger partial charge >= 0.3 is 0 Å². The van der Waals surface area contributed by atoms with E-state index in [9.17, 15) is 4.79 Å². The Bertz CT molecular complexity index is 703. The molecule has 1 atom stereocenters. The normalized spacial score (nSPS) is 17.4. The molecule has 6 heteroatoms. The average Bonchev–Trinajstić information content (AvgIpc) is 3.18. The van der Waals surface area contributed by atoms with Crippen molar-refractivity contribution >= 4 is 11.6 Å². The fourth-order valence-electron chi connectivity index (χ4n) is 2.88. The van der Waals surface area contributed by atoms with Crippen LogP contribution in [0, 0.1) is 6.92 Å². The zero-order chi connectivity index (χ0) is 17.1. The van der Waals surface area contributed by atoms with Crippen molar-refractivity contribution in [3.8, 4) is 11.5 Å². The van der Waals surface area contributed by atoms with Gasteiger partial charge in [0.2, 0.25) is 5.91 Å². The van der Waals surface area contributed by atoms with Gasteiger partial charge in [0.1, 0.15) is 17.3 Å². The molecule has 6 nitrogen and oxygen atoms in total. The van der Waals surface area contributed by atoms with Crippen molar-refractivity contribution in [2.45, 2.75) is 25.9 Å². The van der Waals surface area contributed by atoms with Crippen molar-refractivity contribution in [3.05, 3.63) is 41.9 Å². The second-order valence-corrected chi connectivity index (χ2v) is 5.81. The third-order valence-electron chi connectivity index (χ3n) is 4.33. The van der Waals surface area contributed by atoms with E-state index in [0.717, 1.165) is 23.4 Å². The van der Waals surface area contributed by atoms with E-state index >= 15 is 0 Å². The first kappa shape index (κ1) is 16.4. The molecule has 0 bridgehead atoms. The van der Waals surface area contributed by atoms with E-state index in [1.165, 1.54) is 0 Å². The summed E-state index contributed by atoms with van der Waals surface area (Å²) in [6, 6.07) is 7.19. The Balaban J connectivity index is 1.70. The minimum Gasteiger partial charge on any atom is -0.497 e. The van der Waals surface area contributed by atoms with E-state index in [1.54, 1.807) is 31.4 Å². The van der Waals surface area contributed by atoms with E-state index < -0.39 is 0 Å². The quantitative estimate of drug-likeness (QED) is 0.882. The van der Waals surface area contributed by atoms with Crippen molar-refractivity contribution in [1.82, 2.24) is 5.32 Å². The van der Waals surface area contributed by atoms with E-state index in [0.29, 0.717) is 24.6 Å². The number of hydrogen-bond acceptors (Lipinski definition) is 5. The van der Waals surface area contributed by atoms with Gasteiger partial charge in [-0.25, -0.2) is 0 Å². The Morgan fingerprint density at radius 3 is 2.54 bits per heavy atom. The van der Waals surface area contributed by atoms with E-state index in [2.05, 4.69) is 5.32 Å². The molecular formula is C18H22N2O4. The van der Waals surface area contributed by atoms with Crippen LogP contribution in [0.3, 0.4) is 0 Å². The lowest BCUT2D eigenvalue weighted by molar-refractivity contribution is -0.118. The second kappa shape index (κ2) is 6.97. The lowest BCUT2D eigenvalue weighted by Crippen LogP contribution is -2.38. The number of nitrogens with one attached hydrogen (secondary N) is 1. The summed E-state index contributed by atoms with van der Waals surface area (Å²) in [4.78, 5) is 14.5. The highest BCUT2D eigenvalue weighted by molar-refractivity contribution is 5.99. The van der Waals surface area contributed by atoms with Gasteiger partial charge in [0.25, 0.3) is 0 Å². The molecule has 1 saturated heterocycles. The number of benzene rings is 1. The topological polar surface area (TPSA) is 63.9 Å². The van der Waals surface area contributed by atoms with E-state index in [1.807, 2.05) is 25.1 Å². The minimum atomic E-state index is -0.216. The summed E-state index contributed by atoms with van der Waals surface area (Å²) in [5, 5.41) is 3.28. The number of carbonyl (C=O) groups excluding carboxylic acids is 1. The van der Waals surface area contributed by atoms with Crippen LogP contribution in [0.25, 0.3) is 0 Å². The molecule has 24 heavy (non-hydrogen) atoms. The number of aryl methyl sites for hydroxylation is 1. The molecule has 1 aromatic heterocycles. The van der Waals surface area contributed by atoms with Crippen LogP contribution < -0.4 is 19.7 Å². The van der Waals surface area contributed by atoms with Gasteiger partial charge in [-0.2, -0.15) is 0 Å². The van der Waals surface area contributed by atoms with Crippen LogP contribution in [0.4, 0.5) is 5.69 Å². The first-order valence-electron chi connectivity index (χ1n) is 7.93. The van der Waals surface area contributed by atoms with Gasteiger partial charge in [0.15, 0.2) is 0 Å². The highest BCUT2D eigenvalue weighted by Gasteiger charge is 2.32. The van der Waals surface area contributed by atoms with Crippen LogP contribution in [-0.2, 0) is 11.3 Å². The molecule has 1 aromatic carbocycles. The van der Waals surface area contributed by atoms with Crippen LogP contribution in [0.2, 0.25) is 0 Å². The molecule has 1 aliphatic rings. The third-order valence-corrected chi connectivity index (χ3v) is 4.33. The number of hydrogen-bond donors (Lipinski definition) is 1. The molecule has 0 aliphatic carbocycles. The molecule has 2 heterocycles. The predicted molar refractivity (Wildman–Crippen MR) is 90.6 cm³/mol. The molecule has 0 unspecified atom stereocenters. The molecule has 3 rings (SSSR count). The smallest absolute Gasteiger partial charge is 0.244 e.